The molecule has 1 aromatic carbocycles. The van der Waals surface area contributed by atoms with Crippen molar-refractivity contribution in [2.45, 2.75) is 13.8 Å². The maximum atomic E-state index is 11.7. The van der Waals surface area contributed by atoms with Crippen LogP contribution >= 0.6 is 11.8 Å². The summed E-state index contributed by atoms with van der Waals surface area (Å²) in [6.45, 7) is 4.03. The van der Waals surface area contributed by atoms with Gasteiger partial charge in [-0.1, -0.05) is 17.7 Å². The lowest BCUT2D eigenvalue weighted by molar-refractivity contribution is -0.133. The Hall–Kier alpha value is -2.28. The van der Waals surface area contributed by atoms with Crippen molar-refractivity contribution in [3.8, 4) is 5.69 Å². The molecule has 2 rings (SSSR count). The Labute approximate surface area is 132 Å². The first-order chi connectivity index (χ1) is 10.5. The van der Waals surface area contributed by atoms with Gasteiger partial charge in [0.1, 0.15) is 0 Å². The Morgan fingerprint density at radius 3 is 2.77 bits per heavy atom. The number of carboxylic acid groups (broad SMARTS) is 1. The van der Waals surface area contributed by atoms with Gasteiger partial charge in [0.25, 0.3) is 0 Å². The molecular formula is C15H17N3O3S. The highest BCUT2D eigenvalue weighted by Gasteiger charge is 2.08. The van der Waals surface area contributed by atoms with Gasteiger partial charge < -0.3 is 10.4 Å². The molecule has 1 amide bonds. The normalized spacial score (nSPS) is 10.5. The van der Waals surface area contributed by atoms with Crippen LogP contribution in [0.3, 0.4) is 0 Å². The van der Waals surface area contributed by atoms with Crippen LogP contribution in [0.15, 0.2) is 30.6 Å². The molecule has 2 N–H and O–H groups in total. The van der Waals surface area contributed by atoms with Gasteiger partial charge in [0, 0.05) is 0 Å². The Balaban J connectivity index is 1.99. The average Bonchev–Trinajstić information content (AvgIpc) is 2.86. The molecule has 116 valence electrons. The molecule has 1 heterocycles. The standard InChI is InChI=1S/C15H17N3O3S/c1-10-3-4-13(11(2)5-10)18-7-12(6-16-18)17-14(19)8-22-9-15(20)21/h3-7H,8-9H2,1-2H3,(H,17,19)(H,20,21). The van der Waals surface area contributed by atoms with Gasteiger partial charge in [-0.15, -0.1) is 11.8 Å². The number of carbonyl (C=O) groups excluding carboxylic acids is 1. The molecule has 22 heavy (non-hydrogen) atoms. The highest BCUT2D eigenvalue weighted by molar-refractivity contribution is 8.00. The molecule has 0 radical (unpaired) electrons. The number of nitrogens with zero attached hydrogens (tertiary/aromatic N) is 2. The zero-order valence-electron chi connectivity index (χ0n) is 12.4. The minimum absolute atomic E-state index is 0.0881. The minimum Gasteiger partial charge on any atom is -0.481 e. The molecule has 0 aliphatic rings. The number of carboxylic acids is 1. The molecule has 2 aromatic rings. The largest absolute Gasteiger partial charge is 0.481 e. The molecule has 0 spiro atoms. The van der Waals surface area contributed by atoms with E-state index in [9.17, 15) is 9.59 Å². The van der Waals surface area contributed by atoms with Crippen molar-refractivity contribution in [3.05, 3.63) is 41.7 Å². The lowest BCUT2D eigenvalue weighted by Crippen LogP contribution is -2.15. The Morgan fingerprint density at radius 2 is 2.09 bits per heavy atom. The first-order valence-corrected chi connectivity index (χ1v) is 7.83. The van der Waals surface area contributed by atoms with Crippen molar-refractivity contribution < 1.29 is 14.7 Å². The van der Waals surface area contributed by atoms with Crippen molar-refractivity contribution >= 4 is 29.3 Å². The summed E-state index contributed by atoms with van der Waals surface area (Å²) in [6.07, 6.45) is 3.30. The van der Waals surface area contributed by atoms with Crippen LogP contribution in [0.5, 0.6) is 0 Å². The van der Waals surface area contributed by atoms with Crippen molar-refractivity contribution in [1.29, 1.82) is 0 Å². The molecule has 0 saturated carbocycles. The molecular weight excluding hydrogens is 302 g/mol. The fourth-order valence-corrected chi connectivity index (χ4v) is 2.54. The van der Waals surface area contributed by atoms with Gasteiger partial charge in [-0.05, 0) is 25.5 Å². The number of hydrogen-bond acceptors (Lipinski definition) is 4. The van der Waals surface area contributed by atoms with Crippen LogP contribution < -0.4 is 5.32 Å². The first-order valence-electron chi connectivity index (χ1n) is 6.67. The minimum atomic E-state index is -0.930. The van der Waals surface area contributed by atoms with E-state index in [2.05, 4.69) is 16.5 Å². The third-order valence-corrected chi connectivity index (χ3v) is 3.84. The number of rotatable bonds is 6. The Bertz CT molecular complexity index is 697. The smallest absolute Gasteiger partial charge is 0.313 e. The topological polar surface area (TPSA) is 84.2 Å². The zero-order chi connectivity index (χ0) is 16.1. The van der Waals surface area contributed by atoms with E-state index in [1.165, 1.54) is 5.56 Å². The predicted molar refractivity (Wildman–Crippen MR) is 86.6 cm³/mol. The summed E-state index contributed by atoms with van der Waals surface area (Å²) in [7, 11) is 0. The summed E-state index contributed by atoms with van der Waals surface area (Å²) in [4.78, 5) is 22.1. The van der Waals surface area contributed by atoms with Crippen LogP contribution in [0.2, 0.25) is 0 Å². The van der Waals surface area contributed by atoms with E-state index in [0.29, 0.717) is 5.69 Å². The van der Waals surface area contributed by atoms with E-state index < -0.39 is 5.97 Å². The number of hydrogen-bond donors (Lipinski definition) is 2. The van der Waals surface area contributed by atoms with E-state index >= 15 is 0 Å². The van der Waals surface area contributed by atoms with Gasteiger partial charge in [0.2, 0.25) is 5.91 Å². The molecule has 0 unspecified atom stereocenters. The zero-order valence-corrected chi connectivity index (χ0v) is 13.2. The number of aromatic nitrogens is 2. The molecule has 6 nitrogen and oxygen atoms in total. The van der Waals surface area contributed by atoms with E-state index in [-0.39, 0.29) is 17.4 Å². The lowest BCUT2D eigenvalue weighted by Gasteiger charge is -2.06. The average molecular weight is 319 g/mol. The molecule has 0 aliphatic carbocycles. The maximum Gasteiger partial charge on any atom is 0.313 e. The fraction of sp³-hybridized carbons (Fsp3) is 0.267. The second-order valence-electron chi connectivity index (χ2n) is 4.90. The van der Waals surface area contributed by atoms with Crippen molar-refractivity contribution in [2.24, 2.45) is 0 Å². The highest BCUT2D eigenvalue weighted by atomic mass is 32.2. The maximum absolute atomic E-state index is 11.7. The Morgan fingerprint density at radius 1 is 1.32 bits per heavy atom. The van der Waals surface area contributed by atoms with Gasteiger partial charge in [0.05, 0.1) is 35.3 Å². The van der Waals surface area contributed by atoms with E-state index in [0.717, 1.165) is 23.0 Å². The number of anilines is 1. The predicted octanol–water partition coefficient (Wildman–Crippen LogP) is 2.25. The summed E-state index contributed by atoms with van der Waals surface area (Å²) >= 11 is 1.06. The quantitative estimate of drug-likeness (QED) is 0.853. The van der Waals surface area contributed by atoms with Gasteiger partial charge in [-0.2, -0.15) is 5.10 Å². The second kappa shape index (κ2) is 7.13. The molecule has 1 aromatic heterocycles. The van der Waals surface area contributed by atoms with E-state index in [1.807, 2.05) is 26.0 Å². The third kappa shape index (κ3) is 4.36. The first kappa shape index (κ1) is 16.1. The van der Waals surface area contributed by atoms with E-state index in [4.69, 9.17) is 5.11 Å². The second-order valence-corrected chi connectivity index (χ2v) is 5.88. The van der Waals surface area contributed by atoms with Gasteiger partial charge in [-0.3, -0.25) is 9.59 Å². The Kier molecular flexibility index (Phi) is 5.21. The van der Waals surface area contributed by atoms with Crippen molar-refractivity contribution in [2.75, 3.05) is 16.8 Å². The number of thioether (sulfide) groups is 1. The van der Waals surface area contributed by atoms with Crippen molar-refractivity contribution in [1.82, 2.24) is 9.78 Å². The van der Waals surface area contributed by atoms with Crippen LogP contribution in [0.4, 0.5) is 5.69 Å². The third-order valence-electron chi connectivity index (χ3n) is 2.92. The molecule has 0 fully saturated rings. The fourth-order valence-electron chi connectivity index (χ4n) is 2.01. The summed E-state index contributed by atoms with van der Waals surface area (Å²) in [5.41, 5.74) is 3.81. The number of amides is 1. The van der Waals surface area contributed by atoms with Crippen LogP contribution in [0, 0.1) is 13.8 Å². The molecule has 7 heteroatoms. The number of aryl methyl sites for hydroxylation is 2. The van der Waals surface area contributed by atoms with Crippen molar-refractivity contribution in [3.63, 3.8) is 0 Å². The lowest BCUT2D eigenvalue weighted by atomic mass is 10.1. The molecule has 0 bridgehead atoms. The van der Waals surface area contributed by atoms with Crippen LogP contribution in [0.25, 0.3) is 5.69 Å². The van der Waals surface area contributed by atoms with Crippen LogP contribution in [0.1, 0.15) is 11.1 Å². The van der Waals surface area contributed by atoms with Gasteiger partial charge in [-0.25, -0.2) is 4.68 Å². The highest BCUT2D eigenvalue weighted by Crippen LogP contribution is 2.17. The number of nitrogens with one attached hydrogen (secondary N) is 1. The van der Waals surface area contributed by atoms with E-state index in [1.54, 1.807) is 17.1 Å². The van der Waals surface area contributed by atoms with Gasteiger partial charge in [0.15, 0.2) is 0 Å². The number of carbonyl (C=O) groups is 2. The summed E-state index contributed by atoms with van der Waals surface area (Å²) in [6, 6.07) is 6.05. The van der Waals surface area contributed by atoms with Crippen LogP contribution in [-0.4, -0.2) is 38.3 Å². The molecule has 0 aliphatic heterocycles. The molecule has 0 saturated heterocycles. The summed E-state index contributed by atoms with van der Waals surface area (Å²) in [5, 5.41) is 15.5. The van der Waals surface area contributed by atoms with Gasteiger partial charge >= 0.3 is 5.97 Å². The molecule has 0 atom stereocenters. The SMILES string of the molecule is Cc1ccc(-n2cc(NC(=O)CSCC(=O)O)cn2)c(C)c1. The van der Waals surface area contributed by atoms with Crippen LogP contribution in [-0.2, 0) is 9.59 Å². The number of benzene rings is 1. The monoisotopic (exact) mass is 319 g/mol. The number of aliphatic carboxylic acids is 1. The summed E-state index contributed by atoms with van der Waals surface area (Å²) < 4.78 is 1.70. The summed E-state index contributed by atoms with van der Waals surface area (Å²) in [5.74, 6) is -1.16.